The van der Waals surface area contributed by atoms with Crippen LogP contribution in [0.3, 0.4) is 0 Å². The van der Waals surface area contributed by atoms with Gasteiger partial charge in [0.05, 0.1) is 6.10 Å². The standard InChI is InChI=1S/C12H18N2O/c1-8-10(13)3-2-4-11(8)14-7-12(15)9-5-6-9/h2-4,9,12,14-15H,5-7,13H2,1H3. The molecule has 1 aliphatic carbocycles. The highest BCUT2D eigenvalue weighted by molar-refractivity contribution is 5.62. The van der Waals surface area contributed by atoms with Gasteiger partial charge in [0.25, 0.3) is 0 Å². The molecule has 15 heavy (non-hydrogen) atoms. The molecule has 0 aliphatic heterocycles. The van der Waals surface area contributed by atoms with Crippen molar-refractivity contribution in [1.82, 2.24) is 0 Å². The molecule has 0 radical (unpaired) electrons. The van der Waals surface area contributed by atoms with Crippen molar-refractivity contribution in [2.45, 2.75) is 25.9 Å². The van der Waals surface area contributed by atoms with Gasteiger partial charge in [-0.2, -0.15) is 0 Å². The quantitative estimate of drug-likeness (QED) is 0.658. The predicted molar refractivity (Wildman–Crippen MR) is 62.8 cm³/mol. The number of nitrogens with one attached hydrogen (secondary N) is 1. The molecule has 2 rings (SSSR count). The second-order valence-corrected chi connectivity index (χ2v) is 4.31. The lowest BCUT2D eigenvalue weighted by Gasteiger charge is -2.14. The predicted octanol–water partition coefficient (Wildman–Crippen LogP) is 1.76. The van der Waals surface area contributed by atoms with E-state index in [4.69, 9.17) is 5.73 Å². The van der Waals surface area contributed by atoms with Crippen LogP contribution in [0.5, 0.6) is 0 Å². The largest absolute Gasteiger partial charge is 0.398 e. The summed E-state index contributed by atoms with van der Waals surface area (Å²) in [5.74, 6) is 0.513. The minimum absolute atomic E-state index is 0.217. The van der Waals surface area contributed by atoms with Crippen molar-refractivity contribution in [3.05, 3.63) is 23.8 Å². The summed E-state index contributed by atoms with van der Waals surface area (Å²) in [7, 11) is 0. The van der Waals surface area contributed by atoms with Gasteiger partial charge in [0.1, 0.15) is 0 Å². The minimum Gasteiger partial charge on any atom is -0.398 e. The Kier molecular flexibility index (Phi) is 2.82. The third kappa shape index (κ3) is 2.42. The summed E-state index contributed by atoms with van der Waals surface area (Å²) in [6, 6.07) is 5.80. The van der Waals surface area contributed by atoms with E-state index in [9.17, 15) is 5.11 Å². The van der Waals surface area contributed by atoms with Crippen molar-refractivity contribution < 1.29 is 5.11 Å². The van der Waals surface area contributed by atoms with Gasteiger partial charge >= 0.3 is 0 Å². The van der Waals surface area contributed by atoms with Crippen LogP contribution >= 0.6 is 0 Å². The fraction of sp³-hybridized carbons (Fsp3) is 0.500. The number of rotatable bonds is 4. The summed E-state index contributed by atoms with van der Waals surface area (Å²) in [5, 5.41) is 13.0. The molecule has 0 aromatic heterocycles. The Hall–Kier alpha value is -1.22. The van der Waals surface area contributed by atoms with Gasteiger partial charge in [0, 0.05) is 17.9 Å². The fourth-order valence-electron chi connectivity index (χ4n) is 1.71. The van der Waals surface area contributed by atoms with Crippen LogP contribution in [0.25, 0.3) is 0 Å². The van der Waals surface area contributed by atoms with Gasteiger partial charge in [-0.3, -0.25) is 0 Å². The molecule has 1 fully saturated rings. The molecule has 82 valence electrons. The SMILES string of the molecule is Cc1c(N)cccc1NCC(O)C1CC1. The van der Waals surface area contributed by atoms with Gasteiger partial charge in [0.2, 0.25) is 0 Å². The molecule has 0 amide bonds. The summed E-state index contributed by atoms with van der Waals surface area (Å²) in [6.45, 7) is 2.61. The van der Waals surface area contributed by atoms with Crippen molar-refractivity contribution >= 4 is 11.4 Å². The van der Waals surface area contributed by atoms with Gasteiger partial charge in [-0.15, -0.1) is 0 Å². The summed E-state index contributed by atoms with van der Waals surface area (Å²) >= 11 is 0. The summed E-state index contributed by atoms with van der Waals surface area (Å²) in [6.07, 6.45) is 2.11. The molecule has 1 aromatic rings. The third-order valence-electron chi connectivity index (χ3n) is 3.04. The monoisotopic (exact) mass is 206 g/mol. The van der Waals surface area contributed by atoms with E-state index in [1.807, 2.05) is 25.1 Å². The summed E-state index contributed by atoms with van der Waals surface area (Å²) in [5.41, 5.74) is 8.67. The van der Waals surface area contributed by atoms with Gasteiger partial charge in [-0.05, 0) is 43.4 Å². The van der Waals surface area contributed by atoms with E-state index in [2.05, 4.69) is 5.32 Å². The number of hydrogen-bond donors (Lipinski definition) is 3. The van der Waals surface area contributed by atoms with Crippen molar-refractivity contribution in [3.63, 3.8) is 0 Å². The van der Waals surface area contributed by atoms with Crippen LogP contribution in [0, 0.1) is 12.8 Å². The van der Waals surface area contributed by atoms with Crippen LogP contribution in [0.15, 0.2) is 18.2 Å². The lowest BCUT2D eigenvalue weighted by molar-refractivity contribution is 0.164. The zero-order valence-corrected chi connectivity index (χ0v) is 9.03. The third-order valence-corrected chi connectivity index (χ3v) is 3.04. The molecular formula is C12H18N2O. The Morgan fingerprint density at radius 2 is 2.27 bits per heavy atom. The molecule has 1 saturated carbocycles. The second-order valence-electron chi connectivity index (χ2n) is 4.31. The molecule has 1 atom stereocenters. The molecule has 1 aliphatic rings. The maximum absolute atomic E-state index is 9.72. The average molecular weight is 206 g/mol. The normalized spacial score (nSPS) is 17.5. The van der Waals surface area contributed by atoms with Gasteiger partial charge < -0.3 is 16.2 Å². The zero-order chi connectivity index (χ0) is 10.8. The molecule has 1 unspecified atom stereocenters. The highest BCUT2D eigenvalue weighted by Gasteiger charge is 2.29. The Morgan fingerprint density at radius 1 is 1.53 bits per heavy atom. The van der Waals surface area contributed by atoms with E-state index in [1.54, 1.807) is 0 Å². The van der Waals surface area contributed by atoms with Crippen molar-refractivity contribution in [3.8, 4) is 0 Å². The summed E-state index contributed by atoms with van der Waals surface area (Å²) < 4.78 is 0. The van der Waals surface area contributed by atoms with Crippen LogP contribution in [0.4, 0.5) is 11.4 Å². The molecule has 4 N–H and O–H groups in total. The fourth-order valence-corrected chi connectivity index (χ4v) is 1.71. The maximum atomic E-state index is 9.72. The lowest BCUT2D eigenvalue weighted by atomic mass is 10.1. The Labute approximate surface area is 90.3 Å². The molecular weight excluding hydrogens is 188 g/mol. The highest BCUT2D eigenvalue weighted by Crippen LogP contribution is 2.32. The van der Waals surface area contributed by atoms with Crippen LogP contribution in [0.2, 0.25) is 0 Å². The van der Waals surface area contributed by atoms with Gasteiger partial charge in [-0.1, -0.05) is 6.07 Å². The van der Waals surface area contributed by atoms with Gasteiger partial charge in [0.15, 0.2) is 0 Å². The van der Waals surface area contributed by atoms with E-state index >= 15 is 0 Å². The molecule has 3 heteroatoms. The Balaban J connectivity index is 1.95. The number of nitrogens with two attached hydrogens (primary N) is 1. The van der Waals surface area contributed by atoms with E-state index in [0.29, 0.717) is 12.5 Å². The second kappa shape index (κ2) is 4.11. The summed E-state index contributed by atoms with van der Waals surface area (Å²) in [4.78, 5) is 0. The Bertz CT molecular complexity index is 347. The first-order valence-electron chi connectivity index (χ1n) is 5.45. The number of hydrogen-bond acceptors (Lipinski definition) is 3. The number of aliphatic hydroxyl groups is 1. The molecule has 3 nitrogen and oxygen atoms in total. The first-order chi connectivity index (χ1) is 7.18. The average Bonchev–Trinajstić information content (AvgIpc) is 3.03. The van der Waals surface area contributed by atoms with Crippen LogP contribution in [0.1, 0.15) is 18.4 Å². The zero-order valence-electron chi connectivity index (χ0n) is 9.03. The maximum Gasteiger partial charge on any atom is 0.0740 e. The minimum atomic E-state index is -0.217. The topological polar surface area (TPSA) is 58.3 Å². The number of aliphatic hydroxyl groups excluding tert-OH is 1. The molecule has 0 spiro atoms. The molecule has 1 aromatic carbocycles. The van der Waals surface area contributed by atoms with Crippen LogP contribution in [-0.4, -0.2) is 17.8 Å². The van der Waals surface area contributed by atoms with E-state index in [-0.39, 0.29) is 6.10 Å². The lowest BCUT2D eigenvalue weighted by Crippen LogP contribution is -2.21. The first-order valence-corrected chi connectivity index (χ1v) is 5.45. The van der Waals surface area contributed by atoms with E-state index in [0.717, 1.165) is 16.9 Å². The van der Waals surface area contributed by atoms with E-state index in [1.165, 1.54) is 12.8 Å². The Morgan fingerprint density at radius 3 is 2.93 bits per heavy atom. The van der Waals surface area contributed by atoms with E-state index < -0.39 is 0 Å². The van der Waals surface area contributed by atoms with Crippen LogP contribution in [-0.2, 0) is 0 Å². The molecule has 0 saturated heterocycles. The number of anilines is 2. The van der Waals surface area contributed by atoms with Crippen molar-refractivity contribution in [2.75, 3.05) is 17.6 Å². The first kappa shape index (κ1) is 10.3. The number of benzene rings is 1. The molecule has 0 heterocycles. The smallest absolute Gasteiger partial charge is 0.0740 e. The number of nitrogen functional groups attached to an aromatic ring is 1. The van der Waals surface area contributed by atoms with Crippen molar-refractivity contribution in [1.29, 1.82) is 0 Å². The van der Waals surface area contributed by atoms with Crippen LogP contribution < -0.4 is 11.1 Å². The van der Waals surface area contributed by atoms with Crippen molar-refractivity contribution in [2.24, 2.45) is 5.92 Å². The highest BCUT2D eigenvalue weighted by atomic mass is 16.3. The molecule has 0 bridgehead atoms. The van der Waals surface area contributed by atoms with Gasteiger partial charge in [-0.25, -0.2) is 0 Å².